The quantitative estimate of drug-likeness (QED) is 0.793. The Labute approximate surface area is 145 Å². The van der Waals surface area contributed by atoms with Gasteiger partial charge in [0.05, 0.1) is 12.7 Å². The van der Waals surface area contributed by atoms with Gasteiger partial charge in [-0.25, -0.2) is 0 Å². The molecule has 0 spiro atoms. The molecule has 0 amide bonds. The second kappa shape index (κ2) is 8.32. The summed E-state index contributed by atoms with van der Waals surface area (Å²) in [6.45, 7) is 5.84. The van der Waals surface area contributed by atoms with Crippen molar-refractivity contribution < 1.29 is 9.84 Å². The van der Waals surface area contributed by atoms with E-state index in [1.54, 1.807) is 7.11 Å². The van der Waals surface area contributed by atoms with Crippen LogP contribution in [0.15, 0.2) is 54.6 Å². The maximum absolute atomic E-state index is 11.3. The van der Waals surface area contributed by atoms with Gasteiger partial charge in [-0.2, -0.15) is 0 Å². The van der Waals surface area contributed by atoms with Gasteiger partial charge in [-0.05, 0) is 36.7 Å². The highest BCUT2D eigenvalue weighted by molar-refractivity contribution is 5.32. The maximum atomic E-state index is 11.3. The zero-order valence-corrected chi connectivity index (χ0v) is 15.2. The van der Waals surface area contributed by atoms with Crippen LogP contribution in [0.3, 0.4) is 0 Å². The second-order valence-corrected chi connectivity index (χ2v) is 6.59. The van der Waals surface area contributed by atoms with E-state index in [9.17, 15) is 5.11 Å². The minimum atomic E-state index is -0.862. The van der Waals surface area contributed by atoms with Crippen molar-refractivity contribution in [3.05, 3.63) is 65.7 Å². The van der Waals surface area contributed by atoms with Crippen molar-refractivity contribution in [3.8, 4) is 5.75 Å². The Kier molecular flexibility index (Phi) is 6.41. The van der Waals surface area contributed by atoms with Crippen LogP contribution in [0.25, 0.3) is 0 Å². The Morgan fingerprint density at radius 2 is 1.83 bits per heavy atom. The van der Waals surface area contributed by atoms with Gasteiger partial charge in [0, 0.05) is 19.0 Å². The molecule has 0 radical (unpaired) electrons. The van der Waals surface area contributed by atoms with E-state index in [1.165, 1.54) is 5.56 Å². The predicted octanol–water partition coefficient (Wildman–Crippen LogP) is 4.06. The van der Waals surface area contributed by atoms with Crippen LogP contribution >= 0.6 is 0 Å². The molecule has 2 aromatic rings. The second-order valence-electron chi connectivity index (χ2n) is 6.59. The van der Waals surface area contributed by atoms with E-state index < -0.39 is 5.60 Å². The Bertz CT molecular complexity index is 629. The number of methoxy groups -OCH3 is 1. The lowest BCUT2D eigenvalue weighted by Gasteiger charge is -2.36. The Morgan fingerprint density at radius 1 is 1.12 bits per heavy atom. The summed E-state index contributed by atoms with van der Waals surface area (Å²) in [5.41, 5.74) is 1.35. The summed E-state index contributed by atoms with van der Waals surface area (Å²) in [5, 5.41) is 11.3. The lowest BCUT2D eigenvalue weighted by molar-refractivity contribution is -0.0320. The van der Waals surface area contributed by atoms with Crippen LogP contribution in [0.4, 0.5) is 0 Å². The minimum absolute atomic E-state index is 0.100. The molecule has 0 bridgehead atoms. The first kappa shape index (κ1) is 18.5. The Hall–Kier alpha value is -1.84. The third kappa shape index (κ3) is 4.37. The van der Waals surface area contributed by atoms with Gasteiger partial charge in [-0.1, -0.05) is 56.3 Å². The lowest BCUT2D eigenvalue weighted by atomic mass is 9.80. The molecule has 0 aromatic heterocycles. The van der Waals surface area contributed by atoms with Gasteiger partial charge in [0.1, 0.15) is 5.75 Å². The summed E-state index contributed by atoms with van der Waals surface area (Å²) in [4.78, 5) is 2.26. The molecule has 0 saturated carbocycles. The van der Waals surface area contributed by atoms with Crippen LogP contribution in [-0.2, 0) is 12.1 Å². The molecule has 2 unspecified atom stereocenters. The molecule has 0 saturated heterocycles. The van der Waals surface area contributed by atoms with Gasteiger partial charge >= 0.3 is 0 Å². The lowest BCUT2D eigenvalue weighted by Crippen LogP contribution is -2.39. The van der Waals surface area contributed by atoms with Crippen LogP contribution in [0.1, 0.15) is 31.4 Å². The molecule has 3 heteroatoms. The SMILES string of the molecule is CCC(O)(c1cccc(OC)c1)C(C)CN(C)Cc1ccccc1. The average molecular weight is 327 g/mol. The van der Waals surface area contributed by atoms with E-state index in [0.29, 0.717) is 6.42 Å². The highest BCUT2D eigenvalue weighted by Crippen LogP contribution is 2.35. The van der Waals surface area contributed by atoms with Crippen molar-refractivity contribution in [1.29, 1.82) is 0 Å². The summed E-state index contributed by atoms with van der Waals surface area (Å²) in [5.74, 6) is 0.882. The van der Waals surface area contributed by atoms with Gasteiger partial charge in [0.25, 0.3) is 0 Å². The number of nitrogens with zero attached hydrogens (tertiary/aromatic N) is 1. The normalized spacial score (nSPS) is 15.1. The van der Waals surface area contributed by atoms with Gasteiger partial charge < -0.3 is 14.7 Å². The van der Waals surface area contributed by atoms with Crippen molar-refractivity contribution in [2.45, 2.75) is 32.4 Å². The van der Waals surface area contributed by atoms with Crippen LogP contribution in [0.2, 0.25) is 0 Å². The first-order valence-electron chi connectivity index (χ1n) is 8.59. The Morgan fingerprint density at radius 3 is 2.46 bits per heavy atom. The highest BCUT2D eigenvalue weighted by Gasteiger charge is 2.34. The zero-order valence-electron chi connectivity index (χ0n) is 15.2. The van der Waals surface area contributed by atoms with Crippen molar-refractivity contribution in [1.82, 2.24) is 4.90 Å². The average Bonchev–Trinajstić information content (AvgIpc) is 2.61. The summed E-state index contributed by atoms with van der Waals surface area (Å²) in [6.07, 6.45) is 0.667. The first-order valence-corrected chi connectivity index (χ1v) is 8.59. The van der Waals surface area contributed by atoms with E-state index in [1.807, 2.05) is 37.3 Å². The van der Waals surface area contributed by atoms with Crippen molar-refractivity contribution in [2.75, 3.05) is 20.7 Å². The minimum Gasteiger partial charge on any atom is -0.497 e. The molecule has 24 heavy (non-hydrogen) atoms. The van der Waals surface area contributed by atoms with Crippen LogP contribution in [-0.4, -0.2) is 30.7 Å². The number of aliphatic hydroxyl groups is 1. The molecule has 130 valence electrons. The van der Waals surface area contributed by atoms with Gasteiger partial charge in [0.15, 0.2) is 0 Å². The summed E-state index contributed by atoms with van der Waals surface area (Å²) in [7, 11) is 3.76. The molecule has 0 fully saturated rings. The molecule has 0 heterocycles. The highest BCUT2D eigenvalue weighted by atomic mass is 16.5. The van der Waals surface area contributed by atoms with Crippen LogP contribution < -0.4 is 4.74 Å². The van der Waals surface area contributed by atoms with Crippen LogP contribution in [0.5, 0.6) is 5.75 Å². The molecule has 0 aliphatic heterocycles. The molecule has 3 nitrogen and oxygen atoms in total. The molecule has 2 rings (SSSR count). The van der Waals surface area contributed by atoms with Gasteiger partial charge in [-0.15, -0.1) is 0 Å². The van der Waals surface area contributed by atoms with E-state index in [2.05, 4.69) is 43.1 Å². The molecule has 0 aliphatic rings. The monoisotopic (exact) mass is 327 g/mol. The van der Waals surface area contributed by atoms with Crippen molar-refractivity contribution >= 4 is 0 Å². The first-order chi connectivity index (χ1) is 11.5. The van der Waals surface area contributed by atoms with Crippen molar-refractivity contribution in [2.24, 2.45) is 5.92 Å². The molecule has 0 aliphatic carbocycles. The summed E-state index contributed by atoms with van der Waals surface area (Å²) < 4.78 is 5.31. The molecular weight excluding hydrogens is 298 g/mol. The predicted molar refractivity (Wildman–Crippen MR) is 99.1 cm³/mol. The van der Waals surface area contributed by atoms with Gasteiger partial charge in [0.2, 0.25) is 0 Å². The van der Waals surface area contributed by atoms with Gasteiger partial charge in [-0.3, -0.25) is 0 Å². The summed E-state index contributed by atoms with van der Waals surface area (Å²) in [6, 6.07) is 18.2. The fourth-order valence-corrected chi connectivity index (χ4v) is 3.31. The summed E-state index contributed by atoms with van der Waals surface area (Å²) >= 11 is 0. The molecule has 1 N–H and O–H groups in total. The number of rotatable bonds is 8. The van der Waals surface area contributed by atoms with E-state index >= 15 is 0 Å². The van der Waals surface area contributed by atoms with E-state index in [0.717, 1.165) is 24.4 Å². The third-order valence-electron chi connectivity index (χ3n) is 4.80. The van der Waals surface area contributed by atoms with E-state index in [-0.39, 0.29) is 5.92 Å². The smallest absolute Gasteiger partial charge is 0.119 e. The topological polar surface area (TPSA) is 32.7 Å². The van der Waals surface area contributed by atoms with E-state index in [4.69, 9.17) is 4.74 Å². The number of ether oxygens (including phenoxy) is 1. The fraction of sp³-hybridized carbons (Fsp3) is 0.429. The van der Waals surface area contributed by atoms with Crippen molar-refractivity contribution in [3.63, 3.8) is 0 Å². The molecular formula is C21H29NO2. The largest absolute Gasteiger partial charge is 0.497 e. The standard InChI is InChI=1S/C21H29NO2/c1-5-21(23,19-12-9-13-20(14-19)24-4)17(2)15-22(3)16-18-10-7-6-8-11-18/h6-14,17,23H,5,15-16H2,1-4H3. The Balaban J connectivity index is 2.10. The molecule has 2 atom stereocenters. The molecule has 2 aromatic carbocycles. The number of benzene rings is 2. The zero-order chi connectivity index (χ0) is 17.6. The van der Waals surface area contributed by atoms with Crippen LogP contribution in [0, 0.1) is 5.92 Å². The number of hydrogen-bond acceptors (Lipinski definition) is 3. The third-order valence-corrected chi connectivity index (χ3v) is 4.80. The number of hydrogen-bond donors (Lipinski definition) is 1. The maximum Gasteiger partial charge on any atom is 0.119 e. The fourth-order valence-electron chi connectivity index (χ4n) is 3.31.